The lowest BCUT2D eigenvalue weighted by Gasteiger charge is -1.95. The van der Waals surface area contributed by atoms with Crippen LogP contribution in [0.15, 0.2) is 5.11 Å². The first-order chi connectivity index (χ1) is 3.31. The third-order valence-electron chi connectivity index (χ3n) is 0.555. The molecule has 0 aliphatic carbocycles. The lowest BCUT2D eigenvalue weighted by molar-refractivity contribution is 0.124. The lowest BCUT2D eigenvalue weighted by atomic mass is 10.7. The van der Waals surface area contributed by atoms with Gasteiger partial charge in [-0.15, -0.1) is 0 Å². The summed E-state index contributed by atoms with van der Waals surface area (Å²) in [4.78, 5) is 2.51. The molecule has 0 aromatic heterocycles. The van der Waals surface area contributed by atoms with Gasteiger partial charge in [-0.05, 0) is 12.5 Å². The predicted molar refractivity (Wildman–Crippen MR) is 25.6 cm³/mol. The smallest absolute Gasteiger partial charge is 0.133 e. The molecule has 1 unspecified atom stereocenters. The Morgan fingerprint density at radius 1 is 1.86 bits per heavy atom. The zero-order chi connectivity index (χ0) is 5.70. The van der Waals surface area contributed by atoms with E-state index in [4.69, 9.17) is 5.53 Å². The van der Waals surface area contributed by atoms with Crippen molar-refractivity contribution in [3.05, 3.63) is 10.4 Å². The molecule has 40 valence electrons. The van der Waals surface area contributed by atoms with E-state index in [2.05, 4.69) is 14.8 Å². The van der Waals surface area contributed by atoms with Crippen molar-refractivity contribution in [1.82, 2.24) is 0 Å². The summed E-state index contributed by atoms with van der Waals surface area (Å²) in [6.45, 7) is 1.67. The van der Waals surface area contributed by atoms with Crippen molar-refractivity contribution in [2.24, 2.45) is 5.11 Å². The highest BCUT2D eigenvalue weighted by Crippen LogP contribution is 1.86. The first kappa shape index (κ1) is 6.27. The van der Waals surface area contributed by atoms with Crippen LogP contribution in [0.2, 0.25) is 0 Å². The van der Waals surface area contributed by atoms with Crippen molar-refractivity contribution in [2.75, 3.05) is 7.11 Å². The zero-order valence-electron chi connectivity index (χ0n) is 4.33. The van der Waals surface area contributed by atoms with E-state index in [-0.39, 0.29) is 6.23 Å². The van der Waals surface area contributed by atoms with E-state index in [0.717, 1.165) is 0 Å². The maximum atomic E-state index is 7.75. The molecule has 0 spiro atoms. The largest absolute Gasteiger partial charge is 0.376 e. The quantitative estimate of drug-likeness (QED) is 0.293. The second-order valence-electron chi connectivity index (χ2n) is 1.04. The van der Waals surface area contributed by atoms with E-state index in [9.17, 15) is 0 Å². The number of rotatable bonds is 2. The average molecular weight is 101 g/mol. The van der Waals surface area contributed by atoms with E-state index in [0.29, 0.717) is 0 Å². The van der Waals surface area contributed by atoms with Gasteiger partial charge in [-0.1, -0.05) is 5.11 Å². The second-order valence-corrected chi connectivity index (χ2v) is 1.04. The van der Waals surface area contributed by atoms with E-state index in [1.165, 1.54) is 7.11 Å². The Hall–Kier alpha value is -0.730. The molecule has 0 fully saturated rings. The summed E-state index contributed by atoms with van der Waals surface area (Å²) in [6.07, 6.45) is -0.343. The number of methoxy groups -OCH3 is 1. The third kappa shape index (κ3) is 3.09. The Balaban J connectivity index is 3.35. The Morgan fingerprint density at radius 3 is 2.57 bits per heavy atom. The number of hydrogen-bond acceptors (Lipinski definition) is 2. The van der Waals surface area contributed by atoms with Crippen molar-refractivity contribution in [3.63, 3.8) is 0 Å². The van der Waals surface area contributed by atoms with Crippen LogP contribution in [0.4, 0.5) is 0 Å². The molecule has 0 aromatic carbocycles. The highest BCUT2D eigenvalue weighted by atomic mass is 16.5. The highest BCUT2D eigenvalue weighted by molar-refractivity contribution is 4.44. The summed E-state index contributed by atoms with van der Waals surface area (Å²) in [6, 6.07) is 0. The molecule has 0 rings (SSSR count). The summed E-state index contributed by atoms with van der Waals surface area (Å²) in [5.41, 5.74) is 7.75. The topological polar surface area (TPSA) is 58.0 Å². The Labute approximate surface area is 41.7 Å². The lowest BCUT2D eigenvalue weighted by Crippen LogP contribution is -1.96. The molecule has 4 nitrogen and oxygen atoms in total. The van der Waals surface area contributed by atoms with Crippen molar-refractivity contribution >= 4 is 0 Å². The predicted octanol–water partition coefficient (Wildman–Crippen LogP) is 1.29. The van der Waals surface area contributed by atoms with Crippen molar-refractivity contribution in [1.29, 1.82) is 0 Å². The molecule has 0 aromatic rings. The number of azide groups is 1. The summed E-state index contributed by atoms with van der Waals surface area (Å²) in [7, 11) is 1.49. The average Bonchev–Trinajstić information content (AvgIpc) is 1.68. The highest BCUT2D eigenvalue weighted by Gasteiger charge is 1.87. The van der Waals surface area contributed by atoms with Gasteiger partial charge in [-0.2, -0.15) is 0 Å². The van der Waals surface area contributed by atoms with E-state index in [1.807, 2.05) is 0 Å². The molecule has 4 heteroatoms. The van der Waals surface area contributed by atoms with Crippen molar-refractivity contribution < 1.29 is 4.74 Å². The van der Waals surface area contributed by atoms with Crippen molar-refractivity contribution in [2.45, 2.75) is 13.2 Å². The molecule has 0 amide bonds. The molecule has 1 atom stereocenters. The number of nitrogens with zero attached hydrogens (tertiary/aromatic N) is 3. The van der Waals surface area contributed by atoms with Crippen LogP contribution in [-0.2, 0) is 4.74 Å². The summed E-state index contributed by atoms with van der Waals surface area (Å²) < 4.78 is 4.57. The minimum atomic E-state index is -0.343. The Bertz CT molecular complexity index is 86.2. The van der Waals surface area contributed by atoms with Gasteiger partial charge < -0.3 is 4.74 Å². The zero-order valence-corrected chi connectivity index (χ0v) is 4.33. The molecule has 0 bridgehead atoms. The molecule has 0 heterocycles. The van der Waals surface area contributed by atoms with Crippen molar-refractivity contribution in [3.8, 4) is 0 Å². The standard InChI is InChI=1S/C3H7N3O/c1-3(7-2)5-6-4/h3H,1-2H3. The monoisotopic (exact) mass is 101 g/mol. The van der Waals surface area contributed by atoms with E-state index in [1.54, 1.807) is 6.92 Å². The van der Waals surface area contributed by atoms with Gasteiger partial charge in [0.2, 0.25) is 0 Å². The summed E-state index contributed by atoms with van der Waals surface area (Å²) in [5, 5.41) is 3.20. The van der Waals surface area contributed by atoms with Crippen LogP contribution in [0, 0.1) is 0 Å². The molecule has 7 heavy (non-hydrogen) atoms. The normalized spacial score (nSPS) is 12.3. The van der Waals surface area contributed by atoms with Crippen LogP contribution < -0.4 is 0 Å². The van der Waals surface area contributed by atoms with E-state index >= 15 is 0 Å². The van der Waals surface area contributed by atoms with Gasteiger partial charge in [0.05, 0.1) is 0 Å². The molecule has 0 aliphatic heterocycles. The molecule has 0 N–H and O–H groups in total. The van der Waals surface area contributed by atoms with Gasteiger partial charge >= 0.3 is 0 Å². The molecule has 0 saturated carbocycles. The maximum Gasteiger partial charge on any atom is 0.133 e. The second kappa shape index (κ2) is 3.46. The number of hydrogen-bond donors (Lipinski definition) is 0. The number of ether oxygens (including phenoxy) is 1. The SMILES string of the molecule is COC(C)N=[N+]=[N-]. The first-order valence-electron chi connectivity index (χ1n) is 1.88. The minimum Gasteiger partial charge on any atom is -0.376 e. The maximum absolute atomic E-state index is 7.75. The van der Waals surface area contributed by atoms with Crippen LogP contribution in [0.3, 0.4) is 0 Å². The molecule has 0 radical (unpaired) electrons. The van der Waals surface area contributed by atoms with Crippen LogP contribution in [0.5, 0.6) is 0 Å². The van der Waals surface area contributed by atoms with Crippen LogP contribution in [-0.4, -0.2) is 13.3 Å². The van der Waals surface area contributed by atoms with Gasteiger partial charge in [0, 0.05) is 12.0 Å². The summed E-state index contributed by atoms with van der Waals surface area (Å²) >= 11 is 0. The molecule has 0 aliphatic rings. The minimum absolute atomic E-state index is 0.343. The first-order valence-corrected chi connectivity index (χ1v) is 1.88. The Kier molecular flexibility index (Phi) is 3.10. The van der Waals surface area contributed by atoms with Crippen LogP contribution in [0.1, 0.15) is 6.92 Å². The fraction of sp³-hybridized carbons (Fsp3) is 1.00. The third-order valence-corrected chi connectivity index (χ3v) is 0.555. The summed E-state index contributed by atoms with van der Waals surface area (Å²) in [5.74, 6) is 0. The fourth-order valence-corrected chi connectivity index (χ4v) is 0.120. The fourth-order valence-electron chi connectivity index (χ4n) is 0.120. The van der Waals surface area contributed by atoms with Gasteiger partial charge in [0.1, 0.15) is 6.23 Å². The van der Waals surface area contributed by atoms with Crippen LogP contribution in [0.25, 0.3) is 10.4 Å². The van der Waals surface area contributed by atoms with Crippen LogP contribution >= 0.6 is 0 Å². The molecular weight excluding hydrogens is 94.1 g/mol. The Morgan fingerprint density at radius 2 is 2.43 bits per heavy atom. The van der Waals surface area contributed by atoms with E-state index < -0.39 is 0 Å². The van der Waals surface area contributed by atoms with Gasteiger partial charge in [0.15, 0.2) is 0 Å². The van der Waals surface area contributed by atoms with Gasteiger partial charge in [-0.25, -0.2) is 0 Å². The molecular formula is C3H7N3O. The molecule has 0 saturated heterocycles. The van der Waals surface area contributed by atoms with Gasteiger partial charge in [0.25, 0.3) is 0 Å². The van der Waals surface area contributed by atoms with Gasteiger partial charge in [-0.3, -0.25) is 0 Å².